The van der Waals surface area contributed by atoms with Gasteiger partial charge in [-0.1, -0.05) is 35.5 Å². The van der Waals surface area contributed by atoms with Gasteiger partial charge in [-0.15, -0.1) is 21.5 Å². The van der Waals surface area contributed by atoms with Crippen molar-refractivity contribution in [3.63, 3.8) is 0 Å². The summed E-state index contributed by atoms with van der Waals surface area (Å²) in [6.07, 6.45) is 2.23. The van der Waals surface area contributed by atoms with Crippen molar-refractivity contribution in [1.82, 2.24) is 15.2 Å². The van der Waals surface area contributed by atoms with E-state index in [-0.39, 0.29) is 17.7 Å². The number of amides is 1. The molecule has 1 aliphatic rings. The van der Waals surface area contributed by atoms with E-state index in [9.17, 15) is 4.79 Å². The molecule has 0 radical (unpaired) electrons. The van der Waals surface area contributed by atoms with Crippen LogP contribution in [0, 0.1) is 6.92 Å². The van der Waals surface area contributed by atoms with Crippen molar-refractivity contribution in [3.8, 4) is 11.5 Å². The van der Waals surface area contributed by atoms with Crippen LogP contribution in [0.15, 0.2) is 79.3 Å². The van der Waals surface area contributed by atoms with Crippen LogP contribution >= 0.6 is 23.1 Å². The number of benzene rings is 1. The minimum absolute atomic E-state index is 0.133. The Labute approximate surface area is 186 Å². The van der Waals surface area contributed by atoms with Crippen molar-refractivity contribution < 1.29 is 13.6 Å². The van der Waals surface area contributed by atoms with Gasteiger partial charge >= 0.3 is 0 Å². The number of carbonyl (C=O) groups excluding carboxylic acids is 1. The minimum atomic E-state index is -0.258. The summed E-state index contributed by atoms with van der Waals surface area (Å²) in [5.41, 5.74) is 2.88. The average molecular weight is 451 g/mol. The van der Waals surface area contributed by atoms with Gasteiger partial charge in [-0.3, -0.25) is 4.79 Å². The highest BCUT2D eigenvalue weighted by atomic mass is 32.2. The topological polar surface area (TPSA) is 84.7 Å². The molecule has 0 aliphatic carbocycles. The molecule has 0 unspecified atom stereocenters. The second-order valence-corrected chi connectivity index (χ2v) is 8.90. The molecule has 156 valence electrons. The van der Waals surface area contributed by atoms with E-state index in [1.165, 1.54) is 16.8 Å². The molecular formula is C22H18N4O3S2. The first-order valence-corrected chi connectivity index (χ1v) is 11.5. The van der Waals surface area contributed by atoms with Gasteiger partial charge in [-0.2, -0.15) is 5.10 Å². The molecule has 0 spiro atoms. The van der Waals surface area contributed by atoms with Gasteiger partial charge in [0.25, 0.3) is 11.1 Å². The van der Waals surface area contributed by atoms with Gasteiger partial charge in [0.1, 0.15) is 11.8 Å². The van der Waals surface area contributed by atoms with E-state index in [4.69, 9.17) is 8.83 Å². The van der Waals surface area contributed by atoms with E-state index in [2.05, 4.69) is 15.3 Å². The van der Waals surface area contributed by atoms with E-state index in [0.717, 1.165) is 21.7 Å². The van der Waals surface area contributed by atoms with Gasteiger partial charge in [-0.05, 0) is 42.6 Å². The number of aromatic nitrogens is 2. The molecular weight excluding hydrogens is 432 g/mol. The number of furan rings is 1. The molecule has 7 nitrogen and oxygen atoms in total. The van der Waals surface area contributed by atoms with E-state index in [0.29, 0.717) is 23.3 Å². The lowest BCUT2D eigenvalue weighted by molar-refractivity contribution is -0.130. The summed E-state index contributed by atoms with van der Waals surface area (Å²) in [6, 6.07) is 15.3. The molecule has 0 saturated carbocycles. The molecule has 3 aromatic heterocycles. The second kappa shape index (κ2) is 8.52. The highest BCUT2D eigenvalue weighted by Gasteiger charge is 2.35. The highest BCUT2D eigenvalue weighted by molar-refractivity contribution is 7.99. The van der Waals surface area contributed by atoms with Gasteiger partial charge in [0.15, 0.2) is 0 Å². The van der Waals surface area contributed by atoms with Crippen molar-refractivity contribution in [3.05, 3.63) is 76.4 Å². The van der Waals surface area contributed by atoms with Crippen LogP contribution in [0.5, 0.6) is 0 Å². The Bertz CT molecular complexity index is 1200. The maximum atomic E-state index is 13.0. The fourth-order valence-corrected chi connectivity index (χ4v) is 4.64. The molecule has 1 aliphatic heterocycles. The summed E-state index contributed by atoms with van der Waals surface area (Å²) in [5.74, 6) is 1.14. The van der Waals surface area contributed by atoms with Crippen molar-refractivity contribution in [1.29, 1.82) is 0 Å². The lowest BCUT2D eigenvalue weighted by Gasteiger charge is -2.19. The number of thiophene rings is 1. The molecule has 1 amide bonds. The van der Waals surface area contributed by atoms with Crippen molar-refractivity contribution in [2.75, 3.05) is 5.75 Å². The number of rotatable bonds is 6. The second-order valence-electron chi connectivity index (χ2n) is 7.03. The van der Waals surface area contributed by atoms with Gasteiger partial charge in [-0.25, -0.2) is 5.01 Å². The Morgan fingerprint density at radius 3 is 2.81 bits per heavy atom. The number of carbonyl (C=O) groups is 1. The van der Waals surface area contributed by atoms with Crippen LogP contribution in [-0.4, -0.2) is 32.6 Å². The van der Waals surface area contributed by atoms with Crippen LogP contribution < -0.4 is 0 Å². The maximum Gasteiger partial charge on any atom is 0.277 e. The summed E-state index contributed by atoms with van der Waals surface area (Å²) in [7, 11) is 0. The zero-order valence-corrected chi connectivity index (χ0v) is 18.2. The molecule has 0 bridgehead atoms. The summed E-state index contributed by atoms with van der Waals surface area (Å²) in [5, 5.41) is 16.6. The van der Waals surface area contributed by atoms with Crippen LogP contribution in [0.1, 0.15) is 28.7 Å². The third-order valence-corrected chi connectivity index (χ3v) is 6.59. The molecule has 0 N–H and O–H groups in total. The molecule has 4 heterocycles. The van der Waals surface area contributed by atoms with Crippen LogP contribution in [-0.2, 0) is 4.79 Å². The van der Waals surface area contributed by atoms with Gasteiger partial charge in [0.2, 0.25) is 5.89 Å². The zero-order valence-electron chi connectivity index (χ0n) is 16.6. The third kappa shape index (κ3) is 4.19. The minimum Gasteiger partial charge on any atom is -0.467 e. The Balaban J connectivity index is 1.30. The Hall–Kier alpha value is -3.17. The fourth-order valence-electron chi connectivity index (χ4n) is 3.30. The predicted octanol–water partition coefficient (Wildman–Crippen LogP) is 5.17. The molecule has 9 heteroatoms. The lowest BCUT2D eigenvalue weighted by atomic mass is 10.1. The Morgan fingerprint density at radius 2 is 2.06 bits per heavy atom. The van der Waals surface area contributed by atoms with Crippen LogP contribution in [0.2, 0.25) is 0 Å². The SMILES string of the molecule is Cc1ccc(-c2nnc(SCC(=O)N3N=C(c4cccs4)C[C@H]3c3ccco3)o2)cc1. The Morgan fingerprint density at radius 1 is 1.19 bits per heavy atom. The largest absolute Gasteiger partial charge is 0.467 e. The predicted molar refractivity (Wildman–Crippen MR) is 119 cm³/mol. The standard InChI is InChI=1S/C22H18N4O3S2/c1-14-6-8-15(9-7-14)21-23-24-22(29-21)31-13-20(27)26-17(18-4-2-10-28-18)12-16(25-26)19-5-3-11-30-19/h2-11,17H,12-13H2,1H3/t17-/m0/s1. The van der Waals surface area contributed by atoms with E-state index in [1.807, 2.05) is 60.8 Å². The smallest absolute Gasteiger partial charge is 0.277 e. The average Bonchev–Trinajstić information content (AvgIpc) is 3.58. The van der Waals surface area contributed by atoms with Gasteiger partial charge in [0, 0.05) is 12.0 Å². The first-order chi connectivity index (χ1) is 15.2. The molecule has 4 aromatic rings. The summed E-state index contributed by atoms with van der Waals surface area (Å²) in [4.78, 5) is 14.1. The first-order valence-electron chi connectivity index (χ1n) is 9.67. The van der Waals surface area contributed by atoms with Crippen molar-refractivity contribution >= 4 is 34.7 Å². The first kappa shape index (κ1) is 19.8. The van der Waals surface area contributed by atoms with E-state index in [1.54, 1.807) is 17.6 Å². The van der Waals surface area contributed by atoms with Crippen LogP contribution in [0.4, 0.5) is 0 Å². The number of aryl methyl sites for hydroxylation is 1. The summed E-state index contributed by atoms with van der Waals surface area (Å²) >= 11 is 2.81. The number of hydrazone groups is 1. The van der Waals surface area contributed by atoms with Crippen LogP contribution in [0.25, 0.3) is 11.5 Å². The van der Waals surface area contributed by atoms with Gasteiger partial charge in [0.05, 0.1) is 22.6 Å². The number of hydrogen-bond acceptors (Lipinski definition) is 8. The molecule has 0 fully saturated rings. The van der Waals surface area contributed by atoms with Crippen molar-refractivity contribution in [2.45, 2.75) is 24.6 Å². The normalized spacial score (nSPS) is 16.0. The molecule has 31 heavy (non-hydrogen) atoms. The van der Waals surface area contributed by atoms with Crippen LogP contribution in [0.3, 0.4) is 0 Å². The van der Waals surface area contributed by atoms with Gasteiger partial charge < -0.3 is 8.83 Å². The molecule has 0 saturated heterocycles. The summed E-state index contributed by atoms with van der Waals surface area (Å²) in [6.45, 7) is 2.02. The number of thioether (sulfide) groups is 1. The molecule has 1 atom stereocenters. The van der Waals surface area contributed by atoms with Crippen molar-refractivity contribution in [2.24, 2.45) is 5.10 Å². The maximum absolute atomic E-state index is 13.0. The Kier molecular flexibility index (Phi) is 5.44. The zero-order chi connectivity index (χ0) is 21.2. The third-order valence-electron chi connectivity index (χ3n) is 4.87. The monoisotopic (exact) mass is 450 g/mol. The number of nitrogens with zero attached hydrogens (tertiary/aromatic N) is 4. The summed E-state index contributed by atoms with van der Waals surface area (Å²) < 4.78 is 11.3. The van der Waals surface area contributed by atoms with E-state index < -0.39 is 0 Å². The lowest BCUT2D eigenvalue weighted by Crippen LogP contribution is -2.28. The quantitative estimate of drug-likeness (QED) is 0.377. The molecule has 1 aromatic carbocycles. The fraction of sp³-hybridized carbons (Fsp3) is 0.182. The highest BCUT2D eigenvalue weighted by Crippen LogP contribution is 2.35. The number of hydrogen-bond donors (Lipinski definition) is 0. The molecule has 5 rings (SSSR count). The van der Waals surface area contributed by atoms with E-state index >= 15 is 0 Å².